The van der Waals surface area contributed by atoms with E-state index in [-0.39, 0.29) is 17.9 Å². The maximum absolute atomic E-state index is 11.9. The predicted molar refractivity (Wildman–Crippen MR) is 63.5 cm³/mol. The molecule has 0 spiro atoms. The molecule has 2 saturated heterocycles. The fourth-order valence-corrected chi connectivity index (χ4v) is 2.43. The molecule has 0 aliphatic carbocycles. The molecule has 2 aliphatic rings. The third kappa shape index (κ3) is 3.66. The molecule has 5 nitrogen and oxygen atoms in total. The van der Waals surface area contributed by atoms with Crippen LogP contribution in [-0.2, 0) is 14.3 Å². The summed E-state index contributed by atoms with van der Waals surface area (Å²) in [4.78, 5) is 11.9. The van der Waals surface area contributed by atoms with Crippen molar-refractivity contribution in [2.45, 2.75) is 37.8 Å². The Hall–Kier alpha value is -0.650. The molecule has 2 fully saturated rings. The zero-order valence-electron chi connectivity index (χ0n) is 10.2. The van der Waals surface area contributed by atoms with E-state index in [4.69, 9.17) is 15.2 Å². The molecule has 17 heavy (non-hydrogen) atoms. The largest absolute Gasteiger partial charge is 0.381 e. The number of amides is 1. The van der Waals surface area contributed by atoms with E-state index in [9.17, 15) is 4.79 Å². The van der Waals surface area contributed by atoms with E-state index >= 15 is 0 Å². The minimum atomic E-state index is -0.402. The van der Waals surface area contributed by atoms with Crippen LogP contribution in [0.5, 0.6) is 0 Å². The Morgan fingerprint density at radius 1 is 1.29 bits per heavy atom. The predicted octanol–water partition coefficient (Wildman–Crippen LogP) is 0.0355. The van der Waals surface area contributed by atoms with E-state index in [1.165, 1.54) is 0 Å². The van der Waals surface area contributed by atoms with Crippen LogP contribution in [0, 0.1) is 5.92 Å². The van der Waals surface area contributed by atoms with Gasteiger partial charge >= 0.3 is 0 Å². The van der Waals surface area contributed by atoms with Gasteiger partial charge in [0.2, 0.25) is 5.91 Å². The molecule has 0 bridgehead atoms. The number of ether oxygens (including phenoxy) is 2. The molecule has 2 atom stereocenters. The normalized spacial score (nSPS) is 27.9. The van der Waals surface area contributed by atoms with Crippen LogP contribution < -0.4 is 11.1 Å². The summed E-state index contributed by atoms with van der Waals surface area (Å²) in [6.45, 7) is 2.84. The van der Waals surface area contributed by atoms with Gasteiger partial charge in [-0.05, 0) is 31.6 Å². The molecule has 98 valence electrons. The van der Waals surface area contributed by atoms with Gasteiger partial charge in [-0.1, -0.05) is 0 Å². The van der Waals surface area contributed by atoms with Crippen molar-refractivity contribution in [3.05, 3.63) is 0 Å². The molecular weight excluding hydrogens is 220 g/mol. The second kappa shape index (κ2) is 6.33. The molecule has 2 unspecified atom stereocenters. The average Bonchev–Trinajstić information content (AvgIpc) is 2.89. The maximum Gasteiger partial charge on any atom is 0.237 e. The summed E-state index contributed by atoms with van der Waals surface area (Å²) >= 11 is 0. The van der Waals surface area contributed by atoms with Gasteiger partial charge in [0.1, 0.15) is 0 Å². The fourth-order valence-electron chi connectivity index (χ4n) is 2.43. The fraction of sp³-hybridized carbons (Fsp3) is 0.917. The Kier molecular flexibility index (Phi) is 4.76. The van der Waals surface area contributed by atoms with Crippen LogP contribution in [0.4, 0.5) is 0 Å². The number of nitrogens with two attached hydrogens (primary N) is 1. The summed E-state index contributed by atoms with van der Waals surface area (Å²) in [7, 11) is 0. The standard InChI is InChI=1S/C12H22N2O3/c13-11(9-3-6-16-7-4-9)12(15)14-8-10-2-1-5-17-10/h9-11H,1-8,13H2,(H,14,15). The maximum atomic E-state index is 11.9. The van der Waals surface area contributed by atoms with E-state index < -0.39 is 6.04 Å². The van der Waals surface area contributed by atoms with Crippen LogP contribution >= 0.6 is 0 Å². The zero-order chi connectivity index (χ0) is 12.1. The summed E-state index contributed by atoms with van der Waals surface area (Å²) < 4.78 is 10.7. The Morgan fingerprint density at radius 3 is 2.71 bits per heavy atom. The Labute approximate surface area is 102 Å². The van der Waals surface area contributed by atoms with Gasteiger partial charge in [-0.3, -0.25) is 4.79 Å². The van der Waals surface area contributed by atoms with E-state index in [2.05, 4.69) is 5.32 Å². The molecule has 5 heteroatoms. The second-order valence-corrected chi connectivity index (χ2v) is 4.86. The highest BCUT2D eigenvalue weighted by Gasteiger charge is 2.27. The van der Waals surface area contributed by atoms with Gasteiger partial charge in [0.25, 0.3) is 0 Å². The molecule has 3 N–H and O–H groups in total. The number of rotatable bonds is 4. The molecule has 0 aromatic heterocycles. The van der Waals surface area contributed by atoms with Gasteiger partial charge in [-0.25, -0.2) is 0 Å². The van der Waals surface area contributed by atoms with Gasteiger partial charge in [-0.2, -0.15) is 0 Å². The second-order valence-electron chi connectivity index (χ2n) is 4.86. The number of hydrogen-bond donors (Lipinski definition) is 2. The number of nitrogens with one attached hydrogen (secondary N) is 1. The molecule has 0 aromatic carbocycles. The Morgan fingerprint density at radius 2 is 2.06 bits per heavy atom. The highest BCUT2D eigenvalue weighted by molar-refractivity contribution is 5.81. The van der Waals surface area contributed by atoms with Gasteiger partial charge in [-0.15, -0.1) is 0 Å². The van der Waals surface area contributed by atoms with Crippen molar-refractivity contribution in [2.24, 2.45) is 11.7 Å². The van der Waals surface area contributed by atoms with E-state index in [0.29, 0.717) is 6.54 Å². The number of carbonyl (C=O) groups is 1. The summed E-state index contributed by atoms with van der Waals surface area (Å²) in [6.07, 6.45) is 4.07. The van der Waals surface area contributed by atoms with Gasteiger partial charge in [0.15, 0.2) is 0 Å². The highest BCUT2D eigenvalue weighted by Crippen LogP contribution is 2.17. The minimum Gasteiger partial charge on any atom is -0.381 e. The quantitative estimate of drug-likeness (QED) is 0.730. The van der Waals surface area contributed by atoms with Crippen molar-refractivity contribution in [3.63, 3.8) is 0 Å². The SMILES string of the molecule is NC(C(=O)NCC1CCCO1)C1CCOCC1. The lowest BCUT2D eigenvalue weighted by Gasteiger charge is -2.27. The Bertz CT molecular complexity index is 248. The molecule has 0 aromatic rings. The Balaban J connectivity index is 1.70. The lowest BCUT2D eigenvalue weighted by molar-refractivity contribution is -0.124. The summed E-state index contributed by atoms with van der Waals surface area (Å²) in [5.41, 5.74) is 5.97. The number of hydrogen-bond acceptors (Lipinski definition) is 4. The van der Waals surface area contributed by atoms with Crippen LogP contribution in [0.3, 0.4) is 0 Å². The smallest absolute Gasteiger partial charge is 0.237 e. The van der Waals surface area contributed by atoms with Crippen molar-refractivity contribution < 1.29 is 14.3 Å². The first-order valence-corrected chi connectivity index (χ1v) is 6.50. The zero-order valence-corrected chi connectivity index (χ0v) is 10.2. The van der Waals surface area contributed by atoms with Crippen LogP contribution in [0.15, 0.2) is 0 Å². The molecule has 2 aliphatic heterocycles. The third-order valence-corrected chi connectivity index (χ3v) is 3.60. The van der Waals surface area contributed by atoms with Crippen molar-refractivity contribution in [1.29, 1.82) is 0 Å². The average molecular weight is 242 g/mol. The minimum absolute atomic E-state index is 0.0487. The molecule has 0 radical (unpaired) electrons. The molecule has 1 amide bonds. The first-order chi connectivity index (χ1) is 8.27. The van der Waals surface area contributed by atoms with Crippen LogP contribution in [0.2, 0.25) is 0 Å². The first-order valence-electron chi connectivity index (χ1n) is 6.50. The van der Waals surface area contributed by atoms with Gasteiger partial charge in [0, 0.05) is 26.4 Å². The van der Waals surface area contributed by atoms with E-state index in [1.807, 2.05) is 0 Å². The van der Waals surface area contributed by atoms with E-state index in [1.54, 1.807) is 0 Å². The summed E-state index contributed by atoms with van der Waals surface area (Å²) in [6, 6.07) is -0.402. The number of carbonyl (C=O) groups excluding carboxylic acids is 1. The molecule has 0 saturated carbocycles. The lowest BCUT2D eigenvalue weighted by atomic mass is 9.92. The van der Waals surface area contributed by atoms with Crippen LogP contribution in [0.1, 0.15) is 25.7 Å². The van der Waals surface area contributed by atoms with Crippen molar-refractivity contribution >= 4 is 5.91 Å². The molecule has 2 rings (SSSR count). The highest BCUT2D eigenvalue weighted by atomic mass is 16.5. The van der Waals surface area contributed by atoms with Crippen molar-refractivity contribution in [2.75, 3.05) is 26.4 Å². The monoisotopic (exact) mass is 242 g/mol. The van der Waals surface area contributed by atoms with Gasteiger partial charge < -0.3 is 20.5 Å². The first kappa shape index (κ1) is 12.8. The van der Waals surface area contributed by atoms with Crippen LogP contribution in [-0.4, -0.2) is 44.4 Å². The topological polar surface area (TPSA) is 73.6 Å². The summed E-state index contributed by atoms with van der Waals surface area (Å²) in [5, 5.41) is 2.89. The van der Waals surface area contributed by atoms with Gasteiger partial charge in [0.05, 0.1) is 12.1 Å². The molecular formula is C12H22N2O3. The van der Waals surface area contributed by atoms with Crippen molar-refractivity contribution in [1.82, 2.24) is 5.32 Å². The van der Waals surface area contributed by atoms with Crippen LogP contribution in [0.25, 0.3) is 0 Å². The lowest BCUT2D eigenvalue weighted by Crippen LogP contribution is -2.48. The summed E-state index contributed by atoms with van der Waals surface area (Å²) in [5.74, 6) is 0.209. The molecule has 2 heterocycles. The van der Waals surface area contributed by atoms with E-state index in [0.717, 1.165) is 45.5 Å². The third-order valence-electron chi connectivity index (χ3n) is 3.60. The van der Waals surface area contributed by atoms with Crippen molar-refractivity contribution in [3.8, 4) is 0 Å².